The van der Waals surface area contributed by atoms with Crippen molar-refractivity contribution in [1.82, 2.24) is 9.97 Å². The van der Waals surface area contributed by atoms with Crippen molar-refractivity contribution in [2.75, 3.05) is 10.6 Å². The van der Waals surface area contributed by atoms with Crippen LogP contribution in [0.4, 0.5) is 16.2 Å². The summed E-state index contributed by atoms with van der Waals surface area (Å²) in [7, 11) is 0. The van der Waals surface area contributed by atoms with Gasteiger partial charge in [-0.2, -0.15) is 0 Å². The van der Waals surface area contributed by atoms with Gasteiger partial charge < -0.3 is 10.6 Å². The maximum atomic E-state index is 12.0. The number of pyridine rings is 2. The minimum atomic E-state index is -0.311. The Morgan fingerprint density at radius 2 is 1.80 bits per heavy atom. The van der Waals surface area contributed by atoms with E-state index in [0.717, 1.165) is 16.6 Å². The first-order valence-corrected chi connectivity index (χ1v) is 6.15. The lowest BCUT2D eigenvalue weighted by Gasteiger charge is -2.09. The van der Waals surface area contributed by atoms with Crippen molar-refractivity contribution >= 4 is 28.3 Å². The Labute approximate surface area is 115 Å². The van der Waals surface area contributed by atoms with Crippen LogP contribution in [0.5, 0.6) is 0 Å². The molecule has 0 bridgehead atoms. The first-order valence-electron chi connectivity index (χ1n) is 6.15. The second-order valence-electron chi connectivity index (χ2n) is 4.20. The Morgan fingerprint density at radius 1 is 0.950 bits per heavy atom. The summed E-state index contributed by atoms with van der Waals surface area (Å²) in [4.78, 5) is 20.2. The number of rotatable bonds is 2. The molecule has 20 heavy (non-hydrogen) atoms. The third kappa shape index (κ3) is 2.56. The zero-order valence-corrected chi connectivity index (χ0v) is 10.6. The molecule has 5 heteroatoms. The zero-order chi connectivity index (χ0) is 13.8. The van der Waals surface area contributed by atoms with Gasteiger partial charge in [-0.15, -0.1) is 0 Å². The number of hydrogen-bond donors (Lipinski definition) is 2. The predicted molar refractivity (Wildman–Crippen MR) is 78.6 cm³/mol. The van der Waals surface area contributed by atoms with Crippen LogP contribution < -0.4 is 10.6 Å². The summed E-state index contributed by atoms with van der Waals surface area (Å²) < 4.78 is 0. The molecule has 98 valence electrons. The van der Waals surface area contributed by atoms with E-state index in [4.69, 9.17) is 0 Å². The molecule has 0 radical (unpaired) electrons. The Hall–Kier alpha value is -2.95. The highest BCUT2D eigenvalue weighted by atomic mass is 16.2. The molecule has 2 N–H and O–H groups in total. The Balaban J connectivity index is 1.81. The molecule has 0 fully saturated rings. The summed E-state index contributed by atoms with van der Waals surface area (Å²) in [5.41, 5.74) is 2.10. The van der Waals surface area contributed by atoms with Crippen molar-refractivity contribution < 1.29 is 4.79 Å². The van der Waals surface area contributed by atoms with E-state index in [1.165, 1.54) is 0 Å². The topological polar surface area (TPSA) is 66.9 Å². The molecule has 0 unspecified atom stereocenters. The van der Waals surface area contributed by atoms with Crippen LogP contribution in [0.3, 0.4) is 0 Å². The van der Waals surface area contributed by atoms with Gasteiger partial charge in [-0.25, -0.2) is 4.79 Å². The molecule has 0 saturated carbocycles. The van der Waals surface area contributed by atoms with Gasteiger partial charge in [0.05, 0.1) is 23.6 Å². The summed E-state index contributed by atoms with van der Waals surface area (Å²) >= 11 is 0. The molecule has 0 spiro atoms. The van der Waals surface area contributed by atoms with Crippen LogP contribution in [0.25, 0.3) is 10.9 Å². The number of anilines is 2. The lowest BCUT2D eigenvalue weighted by atomic mass is 10.2. The van der Waals surface area contributed by atoms with E-state index in [0.29, 0.717) is 5.69 Å². The second-order valence-corrected chi connectivity index (χ2v) is 4.20. The maximum Gasteiger partial charge on any atom is 0.323 e. The molecule has 2 heterocycles. The van der Waals surface area contributed by atoms with Gasteiger partial charge in [0, 0.05) is 17.3 Å². The van der Waals surface area contributed by atoms with Gasteiger partial charge in [-0.1, -0.05) is 18.2 Å². The molecule has 0 atom stereocenters. The lowest BCUT2D eigenvalue weighted by Crippen LogP contribution is -2.19. The smallest absolute Gasteiger partial charge is 0.308 e. The number of carbonyl (C=O) groups excluding carboxylic acids is 1. The molecule has 1 aromatic carbocycles. The fourth-order valence-corrected chi connectivity index (χ4v) is 1.91. The molecule has 0 saturated heterocycles. The van der Waals surface area contributed by atoms with Crippen LogP contribution in [0.1, 0.15) is 0 Å². The molecule has 2 aromatic heterocycles. The highest BCUT2D eigenvalue weighted by Crippen LogP contribution is 2.19. The van der Waals surface area contributed by atoms with Crippen molar-refractivity contribution in [3.8, 4) is 0 Å². The summed E-state index contributed by atoms with van der Waals surface area (Å²) in [6.07, 6.45) is 4.96. The number of para-hydroxylation sites is 1. The number of urea groups is 1. The number of benzene rings is 1. The number of carbonyl (C=O) groups is 1. The predicted octanol–water partition coefficient (Wildman–Crippen LogP) is 3.27. The van der Waals surface area contributed by atoms with Gasteiger partial charge in [0.2, 0.25) is 0 Å². The van der Waals surface area contributed by atoms with Gasteiger partial charge in [0.25, 0.3) is 0 Å². The van der Waals surface area contributed by atoms with E-state index in [1.54, 1.807) is 18.6 Å². The summed E-state index contributed by atoms with van der Waals surface area (Å²) in [5.74, 6) is 0. The SMILES string of the molecule is O=C(Nc1ccccc1)Nc1cncc2ncccc12. The van der Waals surface area contributed by atoms with Crippen molar-refractivity contribution in [2.45, 2.75) is 0 Å². The normalized spacial score (nSPS) is 10.2. The van der Waals surface area contributed by atoms with Crippen molar-refractivity contribution in [1.29, 1.82) is 0 Å². The van der Waals surface area contributed by atoms with Gasteiger partial charge in [-0.3, -0.25) is 9.97 Å². The molecule has 3 aromatic rings. The third-order valence-corrected chi connectivity index (χ3v) is 2.81. The van der Waals surface area contributed by atoms with Crippen molar-refractivity contribution in [2.24, 2.45) is 0 Å². The fourth-order valence-electron chi connectivity index (χ4n) is 1.91. The van der Waals surface area contributed by atoms with Gasteiger partial charge >= 0.3 is 6.03 Å². The van der Waals surface area contributed by atoms with Gasteiger partial charge in [0.1, 0.15) is 0 Å². The van der Waals surface area contributed by atoms with Crippen LogP contribution >= 0.6 is 0 Å². The summed E-state index contributed by atoms with van der Waals surface area (Å²) in [5, 5.41) is 6.39. The standard InChI is InChI=1S/C15H12N4O/c20-15(18-11-5-2-1-3-6-11)19-14-10-16-9-13-12(14)7-4-8-17-13/h1-10H,(H2,18,19,20). The Kier molecular flexibility index (Phi) is 3.24. The molecule has 2 amide bonds. The van der Waals surface area contributed by atoms with E-state index < -0.39 is 0 Å². The number of hydrogen-bond acceptors (Lipinski definition) is 3. The molecule has 0 aliphatic carbocycles. The van der Waals surface area contributed by atoms with E-state index in [-0.39, 0.29) is 6.03 Å². The Bertz CT molecular complexity index is 738. The van der Waals surface area contributed by atoms with E-state index >= 15 is 0 Å². The monoisotopic (exact) mass is 264 g/mol. The summed E-state index contributed by atoms with van der Waals surface area (Å²) in [6, 6.07) is 12.7. The second kappa shape index (κ2) is 5.36. The number of amides is 2. The quantitative estimate of drug-likeness (QED) is 0.746. The average Bonchev–Trinajstić information content (AvgIpc) is 2.48. The van der Waals surface area contributed by atoms with Crippen LogP contribution in [-0.2, 0) is 0 Å². The zero-order valence-electron chi connectivity index (χ0n) is 10.6. The number of nitrogens with one attached hydrogen (secondary N) is 2. The molecule has 5 nitrogen and oxygen atoms in total. The Morgan fingerprint density at radius 3 is 2.65 bits per heavy atom. The highest BCUT2D eigenvalue weighted by Gasteiger charge is 2.06. The third-order valence-electron chi connectivity index (χ3n) is 2.81. The lowest BCUT2D eigenvalue weighted by molar-refractivity contribution is 0.262. The van der Waals surface area contributed by atoms with Crippen molar-refractivity contribution in [3.63, 3.8) is 0 Å². The van der Waals surface area contributed by atoms with Crippen molar-refractivity contribution in [3.05, 3.63) is 61.1 Å². The molecule has 0 aliphatic heterocycles. The minimum Gasteiger partial charge on any atom is -0.308 e. The molecule has 0 aliphatic rings. The number of fused-ring (bicyclic) bond motifs is 1. The summed E-state index contributed by atoms with van der Waals surface area (Å²) in [6.45, 7) is 0. The van der Waals surface area contributed by atoms with E-state index in [2.05, 4.69) is 20.6 Å². The van der Waals surface area contributed by atoms with Crippen LogP contribution in [0.15, 0.2) is 61.1 Å². The number of nitrogens with zero attached hydrogens (tertiary/aromatic N) is 2. The largest absolute Gasteiger partial charge is 0.323 e. The van der Waals surface area contributed by atoms with Crippen LogP contribution in [0.2, 0.25) is 0 Å². The number of aromatic nitrogens is 2. The molecular weight excluding hydrogens is 252 g/mol. The van der Waals surface area contributed by atoms with Crippen LogP contribution in [0, 0.1) is 0 Å². The molecular formula is C15H12N4O. The fraction of sp³-hybridized carbons (Fsp3) is 0. The minimum absolute atomic E-state index is 0.311. The highest BCUT2D eigenvalue weighted by molar-refractivity contribution is 6.05. The molecule has 3 rings (SSSR count). The van der Waals surface area contributed by atoms with E-state index in [9.17, 15) is 4.79 Å². The average molecular weight is 264 g/mol. The first kappa shape index (κ1) is 12.1. The van der Waals surface area contributed by atoms with Crippen LogP contribution in [-0.4, -0.2) is 16.0 Å². The first-order chi connectivity index (χ1) is 9.83. The maximum absolute atomic E-state index is 12.0. The van der Waals surface area contributed by atoms with Gasteiger partial charge in [-0.05, 0) is 24.3 Å². The van der Waals surface area contributed by atoms with Gasteiger partial charge in [0.15, 0.2) is 0 Å². The van der Waals surface area contributed by atoms with E-state index in [1.807, 2.05) is 42.5 Å².